The van der Waals surface area contributed by atoms with Crippen molar-refractivity contribution in [2.75, 3.05) is 6.61 Å². The standard InChI is InChI=1S/C21H21NO3S/c1-4-12-25-18-11-10-15-8-6-7-9-16(15)17(18)13-19-20(23)22(14(3)5-2)21(24)26-19/h4,6-11,13-14H,1,5,12H2,2-3H3/b19-13+/t14-/m0/s1. The zero-order valence-corrected chi connectivity index (χ0v) is 15.7. The molecule has 4 nitrogen and oxygen atoms in total. The summed E-state index contributed by atoms with van der Waals surface area (Å²) >= 11 is 0.984. The van der Waals surface area contributed by atoms with Crippen LogP contribution in [-0.2, 0) is 4.79 Å². The molecule has 0 spiro atoms. The first-order valence-corrected chi connectivity index (χ1v) is 9.41. The predicted octanol–water partition coefficient (Wildman–Crippen LogP) is 5.24. The van der Waals surface area contributed by atoms with Gasteiger partial charge >= 0.3 is 0 Å². The molecule has 2 aromatic rings. The molecular weight excluding hydrogens is 346 g/mol. The molecule has 26 heavy (non-hydrogen) atoms. The highest BCUT2D eigenvalue weighted by Crippen LogP contribution is 2.37. The van der Waals surface area contributed by atoms with Gasteiger partial charge in [-0.25, -0.2) is 0 Å². The first kappa shape index (κ1) is 18.3. The van der Waals surface area contributed by atoms with Gasteiger partial charge in [0.2, 0.25) is 0 Å². The van der Waals surface area contributed by atoms with E-state index < -0.39 is 0 Å². The van der Waals surface area contributed by atoms with E-state index >= 15 is 0 Å². The highest BCUT2D eigenvalue weighted by molar-refractivity contribution is 8.18. The van der Waals surface area contributed by atoms with Crippen LogP contribution >= 0.6 is 11.8 Å². The lowest BCUT2D eigenvalue weighted by atomic mass is 10.0. The van der Waals surface area contributed by atoms with Crippen LogP contribution in [0.4, 0.5) is 4.79 Å². The number of amides is 2. The number of hydrogen-bond donors (Lipinski definition) is 0. The van der Waals surface area contributed by atoms with Crippen LogP contribution in [0.1, 0.15) is 25.8 Å². The van der Waals surface area contributed by atoms with Gasteiger partial charge in [0.25, 0.3) is 11.1 Å². The van der Waals surface area contributed by atoms with Gasteiger partial charge in [-0.2, -0.15) is 0 Å². The minimum Gasteiger partial charge on any atom is -0.489 e. The molecule has 1 atom stereocenters. The summed E-state index contributed by atoms with van der Waals surface area (Å²) in [6.45, 7) is 7.90. The van der Waals surface area contributed by atoms with Crippen LogP contribution in [0, 0.1) is 0 Å². The second kappa shape index (κ2) is 7.79. The van der Waals surface area contributed by atoms with Crippen molar-refractivity contribution in [3.8, 4) is 5.75 Å². The molecule has 2 aromatic carbocycles. The van der Waals surface area contributed by atoms with E-state index in [0.717, 1.165) is 34.5 Å². The summed E-state index contributed by atoms with van der Waals surface area (Å²) in [7, 11) is 0. The third-order valence-corrected chi connectivity index (χ3v) is 5.30. The van der Waals surface area contributed by atoms with Gasteiger partial charge in [-0.1, -0.05) is 49.9 Å². The third-order valence-electron chi connectivity index (χ3n) is 4.42. The molecule has 0 radical (unpaired) electrons. The van der Waals surface area contributed by atoms with Crippen molar-refractivity contribution in [3.05, 3.63) is 59.5 Å². The lowest BCUT2D eigenvalue weighted by molar-refractivity contribution is -0.124. The molecule has 1 aliphatic heterocycles. The fourth-order valence-corrected chi connectivity index (χ4v) is 3.78. The fourth-order valence-electron chi connectivity index (χ4n) is 2.87. The SMILES string of the molecule is C=CCOc1ccc2ccccc2c1/C=C1/SC(=O)N([C@@H](C)CC)C1=O. The summed E-state index contributed by atoms with van der Waals surface area (Å²) in [5.41, 5.74) is 0.805. The number of carbonyl (C=O) groups excluding carboxylic acids is 2. The maximum absolute atomic E-state index is 12.7. The van der Waals surface area contributed by atoms with Crippen molar-refractivity contribution in [2.24, 2.45) is 0 Å². The Morgan fingerprint density at radius 2 is 2.00 bits per heavy atom. The molecule has 0 N–H and O–H groups in total. The summed E-state index contributed by atoms with van der Waals surface area (Å²) in [6.07, 6.45) is 4.18. The number of hydrogen-bond acceptors (Lipinski definition) is 4. The van der Waals surface area contributed by atoms with Crippen molar-refractivity contribution in [2.45, 2.75) is 26.3 Å². The quantitative estimate of drug-likeness (QED) is 0.517. The van der Waals surface area contributed by atoms with Crippen LogP contribution < -0.4 is 4.74 Å². The molecule has 1 fully saturated rings. The van der Waals surface area contributed by atoms with Gasteiger partial charge in [0.1, 0.15) is 12.4 Å². The van der Waals surface area contributed by atoms with E-state index in [-0.39, 0.29) is 17.2 Å². The molecule has 134 valence electrons. The van der Waals surface area contributed by atoms with Crippen LogP contribution in [0.15, 0.2) is 54.0 Å². The van der Waals surface area contributed by atoms with Crippen LogP contribution in [0.3, 0.4) is 0 Å². The highest BCUT2D eigenvalue weighted by Gasteiger charge is 2.37. The summed E-state index contributed by atoms with van der Waals surface area (Å²) in [5, 5.41) is 1.81. The Morgan fingerprint density at radius 3 is 2.73 bits per heavy atom. The monoisotopic (exact) mass is 367 g/mol. The molecule has 0 saturated carbocycles. The fraction of sp³-hybridized carbons (Fsp3) is 0.238. The van der Waals surface area contributed by atoms with Gasteiger partial charge in [-0.05, 0) is 48.0 Å². The number of rotatable bonds is 6. The second-order valence-electron chi connectivity index (χ2n) is 6.11. The van der Waals surface area contributed by atoms with Crippen molar-refractivity contribution >= 4 is 39.8 Å². The topological polar surface area (TPSA) is 46.6 Å². The summed E-state index contributed by atoms with van der Waals surface area (Å²) in [6, 6.07) is 11.7. The van der Waals surface area contributed by atoms with E-state index in [1.165, 1.54) is 4.90 Å². The van der Waals surface area contributed by atoms with E-state index in [9.17, 15) is 9.59 Å². The Balaban J connectivity index is 2.09. The zero-order chi connectivity index (χ0) is 18.7. The molecule has 0 bridgehead atoms. The average Bonchev–Trinajstić information content (AvgIpc) is 2.93. The first-order valence-electron chi connectivity index (χ1n) is 8.59. The van der Waals surface area contributed by atoms with Gasteiger partial charge in [-0.15, -0.1) is 0 Å². The lowest BCUT2D eigenvalue weighted by Gasteiger charge is -2.19. The summed E-state index contributed by atoms with van der Waals surface area (Å²) in [5.74, 6) is 0.427. The Labute approximate surface area is 157 Å². The van der Waals surface area contributed by atoms with Gasteiger partial charge in [-0.3, -0.25) is 14.5 Å². The number of ether oxygens (including phenoxy) is 1. The molecule has 3 rings (SSSR count). The molecule has 1 heterocycles. The van der Waals surface area contributed by atoms with E-state index in [0.29, 0.717) is 17.3 Å². The lowest BCUT2D eigenvalue weighted by Crippen LogP contribution is -2.36. The largest absolute Gasteiger partial charge is 0.489 e. The first-order chi connectivity index (χ1) is 12.6. The maximum Gasteiger partial charge on any atom is 0.293 e. The van der Waals surface area contributed by atoms with Crippen molar-refractivity contribution in [3.63, 3.8) is 0 Å². The Bertz CT molecular complexity index is 903. The summed E-state index contributed by atoms with van der Waals surface area (Å²) < 4.78 is 5.78. The van der Waals surface area contributed by atoms with Crippen LogP contribution in [-0.4, -0.2) is 28.7 Å². The predicted molar refractivity (Wildman–Crippen MR) is 107 cm³/mol. The van der Waals surface area contributed by atoms with Crippen molar-refractivity contribution in [1.82, 2.24) is 4.90 Å². The van der Waals surface area contributed by atoms with Gasteiger partial charge < -0.3 is 4.74 Å². The number of carbonyl (C=O) groups is 2. The summed E-state index contributed by atoms with van der Waals surface area (Å²) in [4.78, 5) is 26.8. The van der Waals surface area contributed by atoms with Gasteiger partial charge in [0.05, 0.1) is 4.91 Å². The van der Waals surface area contributed by atoms with E-state index in [1.54, 1.807) is 12.2 Å². The number of fused-ring (bicyclic) bond motifs is 1. The van der Waals surface area contributed by atoms with Crippen LogP contribution in [0.2, 0.25) is 0 Å². The number of thioether (sulfide) groups is 1. The molecule has 0 aliphatic carbocycles. The third kappa shape index (κ3) is 3.40. The molecule has 5 heteroatoms. The smallest absolute Gasteiger partial charge is 0.293 e. The van der Waals surface area contributed by atoms with Crippen molar-refractivity contribution < 1.29 is 14.3 Å². The molecule has 0 aromatic heterocycles. The highest BCUT2D eigenvalue weighted by atomic mass is 32.2. The Morgan fingerprint density at radius 1 is 1.23 bits per heavy atom. The van der Waals surface area contributed by atoms with E-state index in [1.807, 2.05) is 50.2 Å². The number of benzene rings is 2. The molecule has 1 aliphatic rings. The van der Waals surface area contributed by atoms with Crippen LogP contribution in [0.25, 0.3) is 16.8 Å². The maximum atomic E-state index is 12.7. The zero-order valence-electron chi connectivity index (χ0n) is 14.9. The van der Waals surface area contributed by atoms with Gasteiger partial charge in [0, 0.05) is 11.6 Å². The van der Waals surface area contributed by atoms with Crippen molar-refractivity contribution in [1.29, 1.82) is 0 Å². The molecule has 0 unspecified atom stereocenters. The second-order valence-corrected chi connectivity index (χ2v) is 7.10. The number of nitrogens with zero attached hydrogens (tertiary/aromatic N) is 1. The Kier molecular flexibility index (Phi) is 5.47. The van der Waals surface area contributed by atoms with E-state index in [4.69, 9.17) is 4.74 Å². The van der Waals surface area contributed by atoms with E-state index in [2.05, 4.69) is 6.58 Å². The minimum atomic E-state index is -0.239. The van der Waals surface area contributed by atoms with Crippen LogP contribution in [0.5, 0.6) is 5.75 Å². The molecule has 2 amide bonds. The molecule has 1 saturated heterocycles. The number of imide groups is 1. The van der Waals surface area contributed by atoms with Gasteiger partial charge in [0.15, 0.2) is 0 Å². The average molecular weight is 367 g/mol. The minimum absolute atomic E-state index is 0.114. The normalized spacial score (nSPS) is 17.2. The molecular formula is C21H21NO3S. The Hall–Kier alpha value is -2.53.